The molecule has 4 heteroatoms. The molecule has 1 aromatic heterocycles. The summed E-state index contributed by atoms with van der Waals surface area (Å²) in [6, 6.07) is 11.7. The largest absolute Gasteiger partial charge is 0.457 e. The molecule has 3 nitrogen and oxygen atoms in total. The molecule has 1 heterocycles. The maximum atomic E-state index is 6.07. The first-order valence-electron chi connectivity index (χ1n) is 6.91. The lowest BCUT2D eigenvalue weighted by Gasteiger charge is -2.11. The Morgan fingerprint density at radius 3 is 2.86 bits per heavy atom. The van der Waals surface area contributed by atoms with Crippen molar-refractivity contribution in [3.05, 3.63) is 58.7 Å². The first kappa shape index (κ1) is 14.0. The molecule has 0 bridgehead atoms. The van der Waals surface area contributed by atoms with Crippen LogP contribution in [0.5, 0.6) is 11.5 Å². The van der Waals surface area contributed by atoms with E-state index < -0.39 is 0 Å². The van der Waals surface area contributed by atoms with Crippen molar-refractivity contribution in [1.29, 1.82) is 0 Å². The van der Waals surface area contributed by atoms with Gasteiger partial charge in [-0.3, -0.25) is 0 Å². The Hall–Kier alpha value is -1.97. The fourth-order valence-electron chi connectivity index (χ4n) is 2.42. The lowest BCUT2D eigenvalue weighted by atomic mass is 10.1. The number of ether oxygens (including phenoxy) is 1. The van der Waals surface area contributed by atoms with E-state index in [1.54, 1.807) is 0 Å². The predicted molar refractivity (Wildman–Crippen MR) is 87.3 cm³/mol. The Balaban J connectivity index is 1.97. The molecule has 0 amide bonds. The molecule has 0 unspecified atom stereocenters. The van der Waals surface area contributed by atoms with Gasteiger partial charge in [0.2, 0.25) is 0 Å². The standard InChI is InChI=1S/C17H17ClN2O/c1-11-10-20-16-5-4-14(9-15(11)16)21-17-8-13(18)3-2-12(17)6-7-19/h2-5,8-10,20H,6-7,19H2,1H3. The molecule has 0 saturated carbocycles. The Bertz CT molecular complexity index is 780. The van der Waals surface area contributed by atoms with Crippen molar-refractivity contribution < 1.29 is 4.74 Å². The van der Waals surface area contributed by atoms with Crippen molar-refractivity contribution in [1.82, 2.24) is 4.98 Å². The predicted octanol–water partition coefficient (Wildman–Crippen LogP) is 4.42. The second kappa shape index (κ2) is 5.80. The van der Waals surface area contributed by atoms with Crippen molar-refractivity contribution in [2.75, 3.05) is 6.54 Å². The van der Waals surface area contributed by atoms with Gasteiger partial charge in [-0.15, -0.1) is 0 Å². The third kappa shape index (κ3) is 2.89. The molecule has 0 aliphatic heterocycles. The minimum Gasteiger partial charge on any atom is -0.457 e. The van der Waals surface area contributed by atoms with Crippen molar-refractivity contribution >= 4 is 22.5 Å². The maximum Gasteiger partial charge on any atom is 0.132 e. The minimum atomic E-state index is 0.577. The summed E-state index contributed by atoms with van der Waals surface area (Å²) >= 11 is 6.07. The van der Waals surface area contributed by atoms with Gasteiger partial charge in [0.05, 0.1) is 0 Å². The third-order valence-electron chi connectivity index (χ3n) is 3.53. The number of nitrogens with two attached hydrogens (primary N) is 1. The highest BCUT2D eigenvalue weighted by Crippen LogP contribution is 2.31. The van der Waals surface area contributed by atoms with Crippen LogP contribution in [-0.2, 0) is 6.42 Å². The molecule has 3 rings (SSSR count). The van der Waals surface area contributed by atoms with Crippen LogP contribution in [0.1, 0.15) is 11.1 Å². The highest BCUT2D eigenvalue weighted by Gasteiger charge is 2.07. The summed E-state index contributed by atoms with van der Waals surface area (Å²) in [5.41, 5.74) is 9.01. The van der Waals surface area contributed by atoms with Crippen LogP contribution in [-0.4, -0.2) is 11.5 Å². The van der Waals surface area contributed by atoms with Gasteiger partial charge in [0.1, 0.15) is 11.5 Å². The average Bonchev–Trinajstić information content (AvgIpc) is 2.83. The minimum absolute atomic E-state index is 0.577. The monoisotopic (exact) mass is 300 g/mol. The van der Waals surface area contributed by atoms with E-state index in [0.717, 1.165) is 34.4 Å². The highest BCUT2D eigenvalue weighted by atomic mass is 35.5. The van der Waals surface area contributed by atoms with Crippen molar-refractivity contribution in [3.8, 4) is 11.5 Å². The van der Waals surface area contributed by atoms with E-state index in [1.807, 2.05) is 42.6 Å². The third-order valence-corrected chi connectivity index (χ3v) is 3.77. The number of aryl methyl sites for hydroxylation is 1. The SMILES string of the molecule is Cc1c[nH]c2ccc(Oc3cc(Cl)ccc3CCN)cc12. The average molecular weight is 301 g/mol. The van der Waals surface area contributed by atoms with Gasteiger partial charge in [-0.25, -0.2) is 0 Å². The molecular weight excluding hydrogens is 284 g/mol. The molecule has 2 aromatic carbocycles. The van der Waals surface area contributed by atoms with Gasteiger partial charge in [-0.05, 0) is 61.3 Å². The Morgan fingerprint density at radius 2 is 2.05 bits per heavy atom. The fraction of sp³-hybridized carbons (Fsp3) is 0.176. The first-order valence-corrected chi connectivity index (χ1v) is 7.29. The van der Waals surface area contributed by atoms with Gasteiger partial charge in [0.15, 0.2) is 0 Å². The van der Waals surface area contributed by atoms with Crippen LogP contribution in [0.3, 0.4) is 0 Å². The van der Waals surface area contributed by atoms with Crippen LogP contribution in [0.2, 0.25) is 5.02 Å². The van der Waals surface area contributed by atoms with Crippen LogP contribution < -0.4 is 10.5 Å². The highest BCUT2D eigenvalue weighted by molar-refractivity contribution is 6.30. The molecule has 0 saturated heterocycles. The van der Waals surface area contributed by atoms with E-state index in [0.29, 0.717) is 11.6 Å². The first-order chi connectivity index (χ1) is 10.2. The zero-order valence-electron chi connectivity index (χ0n) is 11.8. The second-order valence-electron chi connectivity index (χ2n) is 5.07. The van der Waals surface area contributed by atoms with Gasteiger partial charge in [-0.1, -0.05) is 17.7 Å². The number of H-pyrrole nitrogens is 1. The lowest BCUT2D eigenvalue weighted by Crippen LogP contribution is -2.04. The van der Waals surface area contributed by atoms with Crippen molar-refractivity contribution in [2.24, 2.45) is 5.73 Å². The van der Waals surface area contributed by atoms with Gasteiger partial charge < -0.3 is 15.5 Å². The van der Waals surface area contributed by atoms with Crippen LogP contribution in [0.25, 0.3) is 10.9 Å². The van der Waals surface area contributed by atoms with Gasteiger partial charge in [0, 0.05) is 22.1 Å². The maximum absolute atomic E-state index is 6.07. The summed E-state index contributed by atoms with van der Waals surface area (Å²) in [4.78, 5) is 3.23. The molecule has 0 fully saturated rings. The fourth-order valence-corrected chi connectivity index (χ4v) is 2.58. The topological polar surface area (TPSA) is 51.0 Å². The number of rotatable bonds is 4. The molecule has 3 aromatic rings. The number of aromatic nitrogens is 1. The quantitative estimate of drug-likeness (QED) is 0.749. The molecule has 0 radical (unpaired) electrons. The Labute approximate surface area is 128 Å². The Morgan fingerprint density at radius 1 is 1.19 bits per heavy atom. The van der Waals surface area contributed by atoms with E-state index in [2.05, 4.69) is 11.9 Å². The number of hydrogen-bond acceptors (Lipinski definition) is 2. The van der Waals surface area contributed by atoms with Crippen LogP contribution in [0.15, 0.2) is 42.6 Å². The number of aromatic amines is 1. The summed E-state index contributed by atoms with van der Waals surface area (Å²) in [6.07, 6.45) is 2.76. The summed E-state index contributed by atoms with van der Waals surface area (Å²) in [5.74, 6) is 1.56. The molecule has 0 aliphatic rings. The van der Waals surface area contributed by atoms with Crippen LogP contribution in [0, 0.1) is 6.92 Å². The molecule has 21 heavy (non-hydrogen) atoms. The molecule has 0 aliphatic carbocycles. The lowest BCUT2D eigenvalue weighted by molar-refractivity contribution is 0.477. The molecular formula is C17H17ClN2O. The van der Waals surface area contributed by atoms with Gasteiger partial charge >= 0.3 is 0 Å². The summed E-state index contributed by atoms with van der Waals surface area (Å²) < 4.78 is 6.02. The molecule has 0 spiro atoms. The number of halogens is 1. The van der Waals surface area contributed by atoms with Crippen LogP contribution >= 0.6 is 11.6 Å². The van der Waals surface area contributed by atoms with Crippen LogP contribution in [0.4, 0.5) is 0 Å². The van der Waals surface area contributed by atoms with E-state index in [-0.39, 0.29) is 0 Å². The number of fused-ring (bicyclic) bond motifs is 1. The van der Waals surface area contributed by atoms with Gasteiger partial charge in [0.25, 0.3) is 0 Å². The van der Waals surface area contributed by atoms with Crippen molar-refractivity contribution in [2.45, 2.75) is 13.3 Å². The number of benzene rings is 2. The summed E-state index contributed by atoms with van der Waals surface area (Å²) in [7, 11) is 0. The van der Waals surface area contributed by atoms with Crippen molar-refractivity contribution in [3.63, 3.8) is 0 Å². The molecule has 0 atom stereocenters. The summed E-state index contributed by atoms with van der Waals surface area (Å²) in [6.45, 7) is 2.65. The smallest absolute Gasteiger partial charge is 0.132 e. The summed E-state index contributed by atoms with van der Waals surface area (Å²) in [5, 5.41) is 1.82. The Kier molecular flexibility index (Phi) is 3.86. The number of hydrogen-bond donors (Lipinski definition) is 2. The molecule has 3 N–H and O–H groups in total. The number of nitrogens with one attached hydrogen (secondary N) is 1. The molecule has 108 valence electrons. The van der Waals surface area contributed by atoms with E-state index >= 15 is 0 Å². The second-order valence-corrected chi connectivity index (χ2v) is 5.51. The van der Waals surface area contributed by atoms with Gasteiger partial charge in [-0.2, -0.15) is 0 Å². The van der Waals surface area contributed by atoms with E-state index in [4.69, 9.17) is 22.1 Å². The van der Waals surface area contributed by atoms with E-state index in [1.165, 1.54) is 5.56 Å². The zero-order valence-corrected chi connectivity index (χ0v) is 12.6. The normalized spacial score (nSPS) is 11.0. The van der Waals surface area contributed by atoms with E-state index in [9.17, 15) is 0 Å². The zero-order chi connectivity index (χ0) is 14.8.